The average Bonchev–Trinajstić information content (AvgIpc) is 3.19. The molecule has 3 nitrogen and oxygen atoms in total. The average molecular weight is 307 g/mol. The molecule has 0 spiro atoms. The van der Waals surface area contributed by atoms with Gasteiger partial charge in [0.1, 0.15) is 0 Å². The Hall–Kier alpha value is -0.120. The van der Waals surface area contributed by atoms with Crippen molar-refractivity contribution in [3.63, 3.8) is 0 Å². The van der Waals surface area contributed by atoms with Crippen molar-refractivity contribution in [2.24, 2.45) is 23.2 Å². The zero-order chi connectivity index (χ0) is 15.2. The van der Waals surface area contributed by atoms with Crippen molar-refractivity contribution in [2.75, 3.05) is 26.2 Å². The number of ether oxygens (including phenoxy) is 2. The smallest absolute Gasteiger partial charge is 0.158 e. The van der Waals surface area contributed by atoms with Gasteiger partial charge >= 0.3 is 0 Å². The standard InChI is InChI=1S/C19H33NO2/c1-19(2)15-7-6-14(10-15)17(19)11-18-21-13-16(22-18)12-20-8-4-3-5-9-20/h14-18H,3-13H2,1-2H3/t14-,15+,16+,17-,18-/m0/s1. The van der Waals surface area contributed by atoms with E-state index in [-0.39, 0.29) is 6.29 Å². The van der Waals surface area contributed by atoms with E-state index in [1.165, 1.54) is 51.6 Å². The van der Waals surface area contributed by atoms with Crippen molar-refractivity contribution in [3.05, 3.63) is 0 Å². The molecule has 2 bridgehead atoms. The third kappa shape index (κ3) is 2.85. The van der Waals surface area contributed by atoms with Crippen LogP contribution in [0.2, 0.25) is 0 Å². The highest BCUT2D eigenvalue weighted by atomic mass is 16.7. The summed E-state index contributed by atoms with van der Waals surface area (Å²) >= 11 is 0. The minimum atomic E-state index is 0.0680. The Bertz CT molecular complexity index is 391. The summed E-state index contributed by atoms with van der Waals surface area (Å²) in [6, 6.07) is 0. The third-order valence-corrected chi connectivity index (χ3v) is 7.22. The minimum absolute atomic E-state index is 0.0680. The highest BCUT2D eigenvalue weighted by molar-refractivity contribution is 5.02. The summed E-state index contributed by atoms with van der Waals surface area (Å²) in [7, 11) is 0. The van der Waals surface area contributed by atoms with Gasteiger partial charge in [-0.05, 0) is 68.4 Å². The molecule has 2 aliphatic carbocycles. The Kier molecular flexibility index (Phi) is 4.25. The zero-order valence-corrected chi connectivity index (χ0v) is 14.4. The molecule has 0 aromatic carbocycles. The van der Waals surface area contributed by atoms with Crippen molar-refractivity contribution >= 4 is 0 Å². The molecule has 4 fully saturated rings. The lowest BCUT2D eigenvalue weighted by Gasteiger charge is -2.39. The van der Waals surface area contributed by atoms with Crippen LogP contribution in [0.5, 0.6) is 0 Å². The summed E-state index contributed by atoms with van der Waals surface area (Å²) in [6.45, 7) is 9.37. The number of likely N-dealkylation sites (tertiary alicyclic amines) is 1. The molecule has 0 radical (unpaired) electrons. The highest BCUT2D eigenvalue weighted by Crippen LogP contribution is 2.60. The minimum Gasteiger partial charge on any atom is -0.350 e. The lowest BCUT2D eigenvalue weighted by atomic mass is 9.67. The molecule has 0 aromatic rings. The topological polar surface area (TPSA) is 21.7 Å². The first kappa shape index (κ1) is 15.4. The van der Waals surface area contributed by atoms with Crippen LogP contribution < -0.4 is 0 Å². The second-order valence-electron chi connectivity index (χ2n) is 8.82. The molecule has 0 aromatic heterocycles. The Morgan fingerprint density at radius 3 is 2.64 bits per heavy atom. The van der Waals surface area contributed by atoms with E-state index >= 15 is 0 Å². The van der Waals surface area contributed by atoms with Crippen molar-refractivity contribution in [1.29, 1.82) is 0 Å². The molecular formula is C19H33NO2. The predicted molar refractivity (Wildman–Crippen MR) is 87.6 cm³/mol. The number of nitrogens with zero attached hydrogens (tertiary/aromatic N) is 1. The van der Waals surface area contributed by atoms with E-state index in [1.807, 2.05) is 0 Å². The molecular weight excluding hydrogens is 274 g/mol. The van der Waals surface area contributed by atoms with E-state index in [9.17, 15) is 0 Å². The van der Waals surface area contributed by atoms with Crippen LogP contribution in [-0.2, 0) is 9.47 Å². The molecule has 22 heavy (non-hydrogen) atoms. The molecule has 3 heteroatoms. The molecule has 0 unspecified atom stereocenters. The van der Waals surface area contributed by atoms with E-state index in [1.54, 1.807) is 0 Å². The Labute approximate surface area is 135 Å². The maximum absolute atomic E-state index is 6.26. The Morgan fingerprint density at radius 1 is 1.09 bits per heavy atom. The maximum Gasteiger partial charge on any atom is 0.158 e. The molecule has 4 rings (SSSR count). The second-order valence-corrected chi connectivity index (χ2v) is 8.82. The zero-order valence-electron chi connectivity index (χ0n) is 14.4. The second kappa shape index (κ2) is 6.07. The summed E-state index contributed by atoms with van der Waals surface area (Å²) in [5.74, 6) is 2.70. The predicted octanol–water partition coefficient (Wildman–Crippen LogP) is 3.68. The Morgan fingerprint density at radius 2 is 1.91 bits per heavy atom. The van der Waals surface area contributed by atoms with Crippen molar-refractivity contribution in [2.45, 2.75) is 71.2 Å². The van der Waals surface area contributed by atoms with Gasteiger partial charge in [-0.25, -0.2) is 0 Å². The molecule has 126 valence electrons. The number of piperidine rings is 1. The van der Waals surface area contributed by atoms with Gasteiger partial charge in [0, 0.05) is 13.0 Å². The van der Waals surface area contributed by atoms with Gasteiger partial charge in [0.05, 0.1) is 12.7 Å². The first-order valence-electron chi connectivity index (χ1n) is 9.62. The number of rotatable bonds is 4. The van der Waals surface area contributed by atoms with E-state index in [0.29, 0.717) is 11.5 Å². The van der Waals surface area contributed by atoms with Crippen LogP contribution in [0, 0.1) is 23.2 Å². The fraction of sp³-hybridized carbons (Fsp3) is 1.00. The summed E-state index contributed by atoms with van der Waals surface area (Å²) in [6.07, 6.45) is 9.99. The molecule has 2 aliphatic heterocycles. The highest BCUT2D eigenvalue weighted by Gasteiger charge is 2.53. The largest absolute Gasteiger partial charge is 0.350 e. The summed E-state index contributed by atoms with van der Waals surface area (Å²) in [4.78, 5) is 2.57. The molecule has 0 amide bonds. The van der Waals surface area contributed by atoms with Gasteiger partial charge < -0.3 is 14.4 Å². The van der Waals surface area contributed by atoms with Crippen molar-refractivity contribution in [1.82, 2.24) is 4.90 Å². The van der Waals surface area contributed by atoms with Crippen LogP contribution in [0.4, 0.5) is 0 Å². The molecule has 5 atom stereocenters. The quantitative estimate of drug-likeness (QED) is 0.791. The number of fused-ring (bicyclic) bond motifs is 2. The fourth-order valence-electron chi connectivity index (χ4n) is 5.83. The van der Waals surface area contributed by atoms with E-state index in [0.717, 1.165) is 37.3 Å². The van der Waals surface area contributed by atoms with Crippen molar-refractivity contribution < 1.29 is 9.47 Å². The number of hydrogen-bond donors (Lipinski definition) is 0. The normalized spacial score (nSPS) is 44.7. The lowest BCUT2D eigenvalue weighted by Crippen LogP contribution is -2.38. The van der Waals surface area contributed by atoms with Crippen LogP contribution >= 0.6 is 0 Å². The SMILES string of the molecule is CC1(C)[C@@H]2CC[C@@H](C2)[C@@H]1C[C@H]1OC[C@@H](CN2CCCCC2)O1. The maximum atomic E-state index is 6.26. The molecule has 4 aliphatic rings. The molecule has 2 heterocycles. The van der Waals surface area contributed by atoms with E-state index in [4.69, 9.17) is 9.47 Å². The van der Waals surface area contributed by atoms with Gasteiger partial charge in [-0.15, -0.1) is 0 Å². The molecule has 0 N–H and O–H groups in total. The van der Waals surface area contributed by atoms with Gasteiger partial charge in [-0.1, -0.05) is 20.3 Å². The van der Waals surface area contributed by atoms with Gasteiger partial charge in [0.15, 0.2) is 6.29 Å². The van der Waals surface area contributed by atoms with Crippen LogP contribution in [0.25, 0.3) is 0 Å². The van der Waals surface area contributed by atoms with Crippen molar-refractivity contribution in [3.8, 4) is 0 Å². The first-order valence-corrected chi connectivity index (χ1v) is 9.62. The van der Waals surface area contributed by atoms with Crippen LogP contribution in [0.3, 0.4) is 0 Å². The third-order valence-electron chi connectivity index (χ3n) is 7.22. The van der Waals surface area contributed by atoms with Crippen LogP contribution in [0.1, 0.15) is 58.8 Å². The van der Waals surface area contributed by atoms with Gasteiger partial charge in [0.2, 0.25) is 0 Å². The van der Waals surface area contributed by atoms with Gasteiger partial charge in [-0.3, -0.25) is 0 Å². The summed E-state index contributed by atoms with van der Waals surface area (Å²) in [5, 5.41) is 0. The summed E-state index contributed by atoms with van der Waals surface area (Å²) < 4.78 is 12.3. The molecule has 2 saturated heterocycles. The van der Waals surface area contributed by atoms with E-state index < -0.39 is 0 Å². The lowest BCUT2D eigenvalue weighted by molar-refractivity contribution is -0.0909. The van der Waals surface area contributed by atoms with E-state index in [2.05, 4.69) is 18.7 Å². The monoisotopic (exact) mass is 307 g/mol. The van der Waals surface area contributed by atoms with Gasteiger partial charge in [-0.2, -0.15) is 0 Å². The van der Waals surface area contributed by atoms with Crippen LogP contribution in [-0.4, -0.2) is 43.5 Å². The fourth-order valence-corrected chi connectivity index (χ4v) is 5.83. The van der Waals surface area contributed by atoms with Gasteiger partial charge in [0.25, 0.3) is 0 Å². The molecule has 2 saturated carbocycles. The van der Waals surface area contributed by atoms with Crippen LogP contribution in [0.15, 0.2) is 0 Å². The summed E-state index contributed by atoms with van der Waals surface area (Å²) in [5.41, 5.74) is 0.501. The first-order chi connectivity index (χ1) is 10.6. The number of hydrogen-bond acceptors (Lipinski definition) is 3. The Balaban J connectivity index is 1.28.